The topological polar surface area (TPSA) is 89.7 Å². The Hall–Kier alpha value is -1.24. The summed E-state index contributed by atoms with van der Waals surface area (Å²) in [5.74, 6) is -0.222. The van der Waals surface area contributed by atoms with Crippen LogP contribution in [0.25, 0.3) is 0 Å². The van der Waals surface area contributed by atoms with Crippen molar-refractivity contribution in [2.24, 2.45) is 5.73 Å². The molecule has 0 unspecified atom stereocenters. The maximum atomic E-state index is 12.0. The number of carbonyl (C=O) groups excluding carboxylic acids is 3. The highest BCUT2D eigenvalue weighted by Crippen LogP contribution is 2.07. The molecule has 0 heterocycles. The van der Waals surface area contributed by atoms with Gasteiger partial charge >= 0.3 is 5.97 Å². The van der Waals surface area contributed by atoms with Crippen molar-refractivity contribution in [2.45, 2.75) is 33.2 Å². The molecule has 110 valence electrons. The molecule has 0 spiro atoms. The number of hydrogen-bond donors (Lipinski definition) is 1. The summed E-state index contributed by atoms with van der Waals surface area (Å²) in [5, 5.41) is 0. The van der Waals surface area contributed by atoms with E-state index in [1.807, 2.05) is 13.8 Å². The lowest BCUT2D eigenvalue weighted by Gasteiger charge is -2.25. The molecule has 0 aliphatic heterocycles. The van der Waals surface area contributed by atoms with Crippen molar-refractivity contribution in [1.82, 2.24) is 4.90 Å². The van der Waals surface area contributed by atoms with Gasteiger partial charge in [0, 0.05) is 18.2 Å². The average Bonchev–Trinajstić information content (AvgIpc) is 2.31. The van der Waals surface area contributed by atoms with Crippen LogP contribution < -0.4 is 5.73 Å². The normalized spacial score (nSPS) is 10.3. The summed E-state index contributed by atoms with van der Waals surface area (Å²) >= 11 is 1.31. The van der Waals surface area contributed by atoms with Gasteiger partial charge in [-0.05, 0) is 20.8 Å². The lowest BCUT2D eigenvalue weighted by molar-refractivity contribution is -0.149. The van der Waals surface area contributed by atoms with Crippen molar-refractivity contribution in [3.63, 3.8) is 0 Å². The zero-order chi connectivity index (χ0) is 14.8. The average molecular weight is 290 g/mol. The number of nitrogens with two attached hydrogens (primary N) is 1. The maximum absolute atomic E-state index is 12.0. The molecule has 0 aliphatic rings. The van der Waals surface area contributed by atoms with E-state index >= 15 is 0 Å². The van der Waals surface area contributed by atoms with E-state index in [0.29, 0.717) is 12.4 Å². The van der Waals surface area contributed by atoms with Crippen LogP contribution in [0, 0.1) is 0 Å². The van der Waals surface area contributed by atoms with Crippen LogP contribution in [0.1, 0.15) is 27.2 Å². The fraction of sp³-hybridized carbons (Fsp3) is 0.750. The largest absolute Gasteiger partial charge is 0.465 e. The predicted octanol–water partition coefficient (Wildman–Crippen LogP) is 0.395. The van der Waals surface area contributed by atoms with Gasteiger partial charge in [0.25, 0.3) is 0 Å². The SMILES string of the molecule is CCOC(=O)CN(C(=O)CCSCC(N)=O)C(C)C. The first-order valence-corrected chi connectivity index (χ1v) is 7.35. The highest BCUT2D eigenvalue weighted by atomic mass is 32.2. The van der Waals surface area contributed by atoms with Crippen molar-refractivity contribution in [3.8, 4) is 0 Å². The number of carbonyl (C=O) groups is 3. The molecule has 7 heteroatoms. The Labute approximate surface area is 118 Å². The molecule has 0 aromatic rings. The minimum Gasteiger partial charge on any atom is -0.465 e. The van der Waals surface area contributed by atoms with E-state index in [1.165, 1.54) is 16.7 Å². The van der Waals surface area contributed by atoms with Crippen molar-refractivity contribution < 1.29 is 19.1 Å². The number of thioether (sulfide) groups is 1. The molecule has 19 heavy (non-hydrogen) atoms. The van der Waals surface area contributed by atoms with E-state index in [0.717, 1.165) is 0 Å². The van der Waals surface area contributed by atoms with Crippen molar-refractivity contribution in [2.75, 3.05) is 24.7 Å². The van der Waals surface area contributed by atoms with Crippen LogP contribution >= 0.6 is 11.8 Å². The van der Waals surface area contributed by atoms with Gasteiger partial charge in [-0.15, -0.1) is 0 Å². The Bertz CT molecular complexity index is 321. The minimum absolute atomic E-state index is 0.0369. The third-order valence-corrected chi connectivity index (χ3v) is 3.23. The van der Waals surface area contributed by atoms with Gasteiger partial charge in [-0.3, -0.25) is 14.4 Å². The van der Waals surface area contributed by atoms with Crippen LogP contribution in [0.4, 0.5) is 0 Å². The van der Waals surface area contributed by atoms with Crippen LogP contribution in [0.2, 0.25) is 0 Å². The molecule has 0 aromatic heterocycles. The minimum atomic E-state index is -0.408. The zero-order valence-electron chi connectivity index (χ0n) is 11.7. The fourth-order valence-corrected chi connectivity index (χ4v) is 2.04. The molecule has 2 N–H and O–H groups in total. The van der Waals surface area contributed by atoms with Gasteiger partial charge in [0.2, 0.25) is 11.8 Å². The monoisotopic (exact) mass is 290 g/mol. The second-order valence-corrected chi connectivity index (χ2v) is 5.29. The zero-order valence-corrected chi connectivity index (χ0v) is 12.5. The number of esters is 1. The van der Waals surface area contributed by atoms with Gasteiger partial charge in [-0.1, -0.05) is 0 Å². The molecule has 0 atom stereocenters. The van der Waals surface area contributed by atoms with E-state index in [9.17, 15) is 14.4 Å². The molecular formula is C12H22N2O4S. The van der Waals surface area contributed by atoms with E-state index in [4.69, 9.17) is 10.5 Å². The summed E-state index contributed by atoms with van der Waals surface area (Å²) in [4.78, 5) is 35.4. The highest BCUT2D eigenvalue weighted by Gasteiger charge is 2.20. The standard InChI is InChI=1S/C12H22N2O4S/c1-4-18-12(17)7-14(9(2)3)11(16)5-6-19-8-10(13)15/h9H,4-8H2,1-3H3,(H2,13,15). The third-order valence-electron chi connectivity index (χ3n) is 2.25. The summed E-state index contributed by atoms with van der Waals surface area (Å²) in [5.41, 5.74) is 5.00. The maximum Gasteiger partial charge on any atom is 0.325 e. The Kier molecular flexibility index (Phi) is 9.03. The smallest absolute Gasteiger partial charge is 0.325 e. The first kappa shape index (κ1) is 17.8. The third kappa shape index (κ3) is 8.47. The van der Waals surface area contributed by atoms with E-state index in [-0.39, 0.29) is 30.7 Å². The van der Waals surface area contributed by atoms with E-state index in [1.54, 1.807) is 6.92 Å². The summed E-state index contributed by atoms with van der Waals surface area (Å²) in [6.07, 6.45) is 0.273. The molecule has 2 amide bonds. The molecule has 0 fully saturated rings. The van der Waals surface area contributed by atoms with Gasteiger partial charge in [0.1, 0.15) is 6.54 Å². The summed E-state index contributed by atoms with van der Waals surface area (Å²) < 4.78 is 4.83. The Morgan fingerprint density at radius 2 is 1.95 bits per heavy atom. The summed E-state index contributed by atoms with van der Waals surface area (Å²) in [6.45, 7) is 5.67. The quantitative estimate of drug-likeness (QED) is 0.490. The van der Waals surface area contributed by atoms with Crippen molar-refractivity contribution >= 4 is 29.5 Å². The Morgan fingerprint density at radius 1 is 1.32 bits per heavy atom. The first-order chi connectivity index (χ1) is 8.88. The van der Waals surface area contributed by atoms with Crippen LogP contribution in [0.15, 0.2) is 0 Å². The van der Waals surface area contributed by atoms with Crippen molar-refractivity contribution in [3.05, 3.63) is 0 Å². The molecule has 0 bridgehead atoms. The van der Waals surface area contributed by atoms with Gasteiger partial charge < -0.3 is 15.4 Å². The molecule has 0 saturated heterocycles. The van der Waals surface area contributed by atoms with E-state index < -0.39 is 11.9 Å². The number of hydrogen-bond acceptors (Lipinski definition) is 5. The molecule has 0 saturated carbocycles. The number of nitrogens with zero attached hydrogens (tertiary/aromatic N) is 1. The van der Waals surface area contributed by atoms with Crippen LogP contribution in [-0.2, 0) is 19.1 Å². The van der Waals surface area contributed by atoms with Gasteiger partial charge in [0.05, 0.1) is 12.4 Å². The first-order valence-electron chi connectivity index (χ1n) is 6.19. The lowest BCUT2D eigenvalue weighted by Crippen LogP contribution is -2.41. The van der Waals surface area contributed by atoms with Gasteiger partial charge in [0.15, 0.2) is 0 Å². The lowest BCUT2D eigenvalue weighted by atomic mass is 10.3. The van der Waals surface area contributed by atoms with Crippen LogP contribution in [0.3, 0.4) is 0 Å². The molecule has 6 nitrogen and oxygen atoms in total. The number of rotatable bonds is 9. The van der Waals surface area contributed by atoms with Crippen LogP contribution in [-0.4, -0.2) is 53.4 Å². The summed E-state index contributed by atoms with van der Waals surface area (Å²) in [6, 6.07) is -0.0713. The molecule has 0 aromatic carbocycles. The molecule has 0 aliphatic carbocycles. The molecular weight excluding hydrogens is 268 g/mol. The molecule has 0 radical (unpaired) electrons. The second kappa shape index (κ2) is 9.66. The van der Waals surface area contributed by atoms with E-state index in [2.05, 4.69) is 0 Å². The number of primary amides is 1. The number of amides is 2. The fourth-order valence-electron chi connectivity index (χ4n) is 1.38. The van der Waals surface area contributed by atoms with Gasteiger partial charge in [-0.25, -0.2) is 0 Å². The highest BCUT2D eigenvalue weighted by molar-refractivity contribution is 7.99. The predicted molar refractivity (Wildman–Crippen MR) is 74.6 cm³/mol. The van der Waals surface area contributed by atoms with Gasteiger partial charge in [-0.2, -0.15) is 11.8 Å². The van der Waals surface area contributed by atoms with Crippen molar-refractivity contribution in [1.29, 1.82) is 0 Å². The number of ether oxygens (including phenoxy) is 1. The second-order valence-electron chi connectivity index (χ2n) is 4.19. The van der Waals surface area contributed by atoms with Crippen LogP contribution in [0.5, 0.6) is 0 Å². The summed E-state index contributed by atoms with van der Waals surface area (Å²) in [7, 11) is 0. The molecule has 0 rings (SSSR count). The Balaban J connectivity index is 4.18. The Morgan fingerprint density at radius 3 is 2.42 bits per heavy atom.